The SMILES string of the molecule is CCN(CC)c1sc(C(=O)C2CC2)c(N)c1C(=O)NC. The zero-order valence-corrected chi connectivity index (χ0v) is 13.0. The Morgan fingerprint density at radius 2 is 1.95 bits per heavy atom. The number of hydrogen-bond donors (Lipinski definition) is 2. The third-order valence-electron chi connectivity index (χ3n) is 3.60. The molecule has 0 spiro atoms. The molecule has 0 saturated heterocycles. The van der Waals surface area contributed by atoms with Gasteiger partial charge in [-0.05, 0) is 26.7 Å². The Labute approximate surface area is 123 Å². The minimum absolute atomic E-state index is 0.0936. The summed E-state index contributed by atoms with van der Waals surface area (Å²) in [5.41, 5.74) is 6.89. The third-order valence-corrected chi connectivity index (χ3v) is 4.88. The third kappa shape index (κ3) is 2.52. The first-order chi connectivity index (χ1) is 9.54. The van der Waals surface area contributed by atoms with E-state index in [0.717, 1.165) is 30.9 Å². The highest BCUT2D eigenvalue weighted by molar-refractivity contribution is 7.19. The van der Waals surface area contributed by atoms with Gasteiger partial charge in [0.2, 0.25) is 0 Å². The van der Waals surface area contributed by atoms with Gasteiger partial charge in [-0.25, -0.2) is 0 Å². The summed E-state index contributed by atoms with van der Waals surface area (Å²) in [6.07, 6.45) is 1.87. The number of ketones is 1. The molecule has 3 N–H and O–H groups in total. The Balaban J connectivity index is 2.50. The van der Waals surface area contributed by atoms with Crippen molar-refractivity contribution >= 4 is 33.7 Å². The minimum Gasteiger partial charge on any atom is -0.397 e. The van der Waals surface area contributed by atoms with E-state index in [1.54, 1.807) is 7.05 Å². The van der Waals surface area contributed by atoms with Crippen LogP contribution in [0.3, 0.4) is 0 Å². The van der Waals surface area contributed by atoms with Crippen LogP contribution in [0.2, 0.25) is 0 Å². The molecule has 1 aliphatic carbocycles. The van der Waals surface area contributed by atoms with E-state index < -0.39 is 0 Å². The number of nitrogens with one attached hydrogen (secondary N) is 1. The zero-order valence-electron chi connectivity index (χ0n) is 12.2. The largest absolute Gasteiger partial charge is 0.397 e. The first-order valence-electron chi connectivity index (χ1n) is 6.98. The number of amides is 1. The van der Waals surface area contributed by atoms with Crippen molar-refractivity contribution in [1.82, 2.24) is 5.32 Å². The Kier molecular flexibility index (Phi) is 4.32. The predicted molar refractivity (Wildman–Crippen MR) is 82.7 cm³/mol. The van der Waals surface area contributed by atoms with Gasteiger partial charge in [0.25, 0.3) is 5.91 Å². The number of thiophene rings is 1. The van der Waals surface area contributed by atoms with E-state index in [9.17, 15) is 9.59 Å². The highest BCUT2D eigenvalue weighted by Gasteiger charge is 2.35. The average molecular weight is 295 g/mol. The standard InChI is InChI=1S/C14H21N3O2S/c1-4-17(5-2)14-9(13(19)16-3)10(15)12(20-14)11(18)8-6-7-8/h8H,4-7,15H2,1-3H3,(H,16,19). The summed E-state index contributed by atoms with van der Waals surface area (Å²) in [7, 11) is 1.58. The van der Waals surface area contributed by atoms with Gasteiger partial charge in [0.1, 0.15) is 5.00 Å². The Hall–Kier alpha value is -1.56. The van der Waals surface area contributed by atoms with Gasteiger partial charge in [0.15, 0.2) is 5.78 Å². The van der Waals surface area contributed by atoms with Crippen LogP contribution >= 0.6 is 11.3 Å². The van der Waals surface area contributed by atoms with Crippen molar-refractivity contribution in [1.29, 1.82) is 0 Å². The molecular formula is C14H21N3O2S. The lowest BCUT2D eigenvalue weighted by molar-refractivity contribution is 0.0964. The number of anilines is 2. The molecule has 0 radical (unpaired) electrons. The number of nitrogen functional groups attached to an aromatic ring is 1. The molecule has 0 bridgehead atoms. The molecule has 20 heavy (non-hydrogen) atoms. The van der Waals surface area contributed by atoms with E-state index in [0.29, 0.717) is 16.1 Å². The van der Waals surface area contributed by atoms with Gasteiger partial charge in [-0.1, -0.05) is 0 Å². The number of hydrogen-bond acceptors (Lipinski definition) is 5. The Morgan fingerprint density at radius 1 is 1.35 bits per heavy atom. The molecule has 1 aromatic rings. The summed E-state index contributed by atoms with van der Waals surface area (Å²) in [5, 5.41) is 3.41. The second kappa shape index (κ2) is 5.83. The summed E-state index contributed by atoms with van der Waals surface area (Å²) >= 11 is 1.35. The van der Waals surface area contributed by atoms with Gasteiger partial charge in [-0.2, -0.15) is 0 Å². The van der Waals surface area contributed by atoms with Gasteiger partial charge in [0.05, 0.1) is 16.1 Å². The first-order valence-corrected chi connectivity index (χ1v) is 7.80. The normalized spacial score (nSPS) is 14.2. The van der Waals surface area contributed by atoms with Crippen LogP contribution in [0.5, 0.6) is 0 Å². The van der Waals surface area contributed by atoms with E-state index in [1.165, 1.54) is 11.3 Å². The number of carbonyl (C=O) groups excluding carboxylic acids is 2. The fourth-order valence-corrected chi connectivity index (χ4v) is 3.59. The van der Waals surface area contributed by atoms with Gasteiger partial charge in [-0.15, -0.1) is 11.3 Å². The van der Waals surface area contributed by atoms with Crippen LogP contribution in [0, 0.1) is 5.92 Å². The fraction of sp³-hybridized carbons (Fsp3) is 0.571. The topological polar surface area (TPSA) is 75.4 Å². The van der Waals surface area contributed by atoms with Crippen molar-refractivity contribution < 1.29 is 9.59 Å². The number of Topliss-reactive ketones (excluding diaryl/α,β-unsaturated/α-hetero) is 1. The average Bonchev–Trinajstić information content (AvgIpc) is 3.24. The van der Waals surface area contributed by atoms with Crippen molar-refractivity contribution in [3.05, 3.63) is 10.4 Å². The molecule has 1 fully saturated rings. The van der Waals surface area contributed by atoms with E-state index in [4.69, 9.17) is 5.73 Å². The molecule has 0 atom stereocenters. The van der Waals surface area contributed by atoms with Crippen LogP contribution in [0.1, 0.15) is 46.7 Å². The van der Waals surface area contributed by atoms with Crippen LogP contribution in [0.25, 0.3) is 0 Å². The van der Waals surface area contributed by atoms with Crippen molar-refractivity contribution in [2.45, 2.75) is 26.7 Å². The summed E-state index contributed by atoms with van der Waals surface area (Å²) in [6, 6.07) is 0. The van der Waals surface area contributed by atoms with Crippen LogP contribution in [0.15, 0.2) is 0 Å². The molecule has 0 aliphatic heterocycles. The lowest BCUT2D eigenvalue weighted by Crippen LogP contribution is -2.26. The maximum Gasteiger partial charge on any atom is 0.256 e. The van der Waals surface area contributed by atoms with Crippen molar-refractivity contribution in [3.63, 3.8) is 0 Å². The van der Waals surface area contributed by atoms with E-state index >= 15 is 0 Å². The van der Waals surface area contributed by atoms with Crippen LogP contribution in [0.4, 0.5) is 10.7 Å². The predicted octanol–water partition coefficient (Wildman–Crippen LogP) is 2.13. The Morgan fingerprint density at radius 3 is 2.40 bits per heavy atom. The maximum atomic E-state index is 12.3. The number of nitrogens with two attached hydrogens (primary N) is 1. The molecule has 1 heterocycles. The first kappa shape index (κ1) is 14.8. The monoisotopic (exact) mass is 295 g/mol. The number of carbonyl (C=O) groups is 2. The van der Waals surface area contributed by atoms with Crippen LogP contribution in [-0.4, -0.2) is 31.8 Å². The highest BCUT2D eigenvalue weighted by Crippen LogP contribution is 2.43. The molecule has 1 aliphatic rings. The van der Waals surface area contributed by atoms with E-state index in [2.05, 4.69) is 10.2 Å². The molecule has 0 aromatic carbocycles. The molecule has 2 rings (SSSR count). The quantitative estimate of drug-likeness (QED) is 0.788. The number of rotatable bonds is 6. The highest BCUT2D eigenvalue weighted by atomic mass is 32.1. The molecule has 0 unspecified atom stereocenters. The minimum atomic E-state index is -0.226. The van der Waals surface area contributed by atoms with Gasteiger partial charge in [-0.3, -0.25) is 9.59 Å². The molecule has 110 valence electrons. The number of nitrogens with zero attached hydrogens (tertiary/aromatic N) is 1. The lowest BCUT2D eigenvalue weighted by Gasteiger charge is -2.20. The zero-order chi connectivity index (χ0) is 14.9. The summed E-state index contributed by atoms with van der Waals surface area (Å²) in [5.74, 6) is -0.0235. The van der Waals surface area contributed by atoms with Crippen LogP contribution < -0.4 is 16.0 Å². The van der Waals surface area contributed by atoms with Gasteiger partial charge < -0.3 is 16.0 Å². The van der Waals surface area contributed by atoms with Gasteiger partial charge in [0, 0.05) is 26.1 Å². The summed E-state index contributed by atoms with van der Waals surface area (Å²) in [4.78, 5) is 27.0. The van der Waals surface area contributed by atoms with E-state index in [1.807, 2.05) is 13.8 Å². The maximum absolute atomic E-state index is 12.3. The summed E-state index contributed by atoms with van der Waals surface area (Å²) < 4.78 is 0. The van der Waals surface area contributed by atoms with Crippen molar-refractivity contribution in [2.75, 3.05) is 30.8 Å². The summed E-state index contributed by atoms with van der Waals surface area (Å²) in [6.45, 7) is 5.60. The molecule has 1 aromatic heterocycles. The Bertz CT molecular complexity index is 531. The second-order valence-electron chi connectivity index (χ2n) is 4.91. The molecule has 1 amide bonds. The van der Waals surface area contributed by atoms with Crippen LogP contribution in [-0.2, 0) is 0 Å². The molecule has 6 heteroatoms. The lowest BCUT2D eigenvalue weighted by atomic mass is 10.1. The smallest absolute Gasteiger partial charge is 0.256 e. The van der Waals surface area contributed by atoms with Crippen molar-refractivity contribution in [2.24, 2.45) is 5.92 Å². The molecule has 5 nitrogen and oxygen atoms in total. The van der Waals surface area contributed by atoms with E-state index in [-0.39, 0.29) is 17.6 Å². The fourth-order valence-electron chi connectivity index (χ4n) is 2.22. The second-order valence-corrected chi connectivity index (χ2v) is 5.91. The molecular weight excluding hydrogens is 274 g/mol. The van der Waals surface area contributed by atoms with Gasteiger partial charge >= 0.3 is 0 Å². The van der Waals surface area contributed by atoms with Crippen molar-refractivity contribution in [3.8, 4) is 0 Å². The molecule has 1 saturated carbocycles.